The molecule has 42 heavy (non-hydrogen) atoms. The molecule has 5 fully saturated rings. The molecule has 0 aromatic rings. The van der Waals surface area contributed by atoms with Crippen LogP contribution in [0.1, 0.15) is 92.4 Å². The number of nitrogens with one attached hydrogen (secondary N) is 2. The van der Waals surface area contributed by atoms with E-state index < -0.39 is 18.1 Å². The lowest BCUT2D eigenvalue weighted by atomic mass is 9.43. The number of likely N-dealkylation sites (tertiary alicyclic amines) is 1. The number of hydrazine groups is 1. The van der Waals surface area contributed by atoms with Crippen molar-refractivity contribution in [2.75, 3.05) is 26.2 Å². The van der Waals surface area contributed by atoms with Gasteiger partial charge in [0.1, 0.15) is 5.78 Å². The number of carbonyl (C=O) groups excluding carboxylic acids is 2. The smallest absolute Gasteiger partial charge is 0.404 e. The molecule has 1 amide bonds. The first-order valence-electron chi connectivity index (χ1n) is 15.9. The number of aliphatic imine (C=N–C) groups is 1. The molecule has 5 aliphatic rings. The third-order valence-corrected chi connectivity index (χ3v) is 10.2. The highest BCUT2D eigenvalue weighted by molar-refractivity contribution is 6.47. The molecular weight excluding hydrogens is 539 g/mol. The molecule has 4 N–H and O–H groups in total. The maximum absolute atomic E-state index is 13.8. The van der Waals surface area contributed by atoms with E-state index in [0.29, 0.717) is 43.6 Å². The minimum absolute atomic E-state index is 0.0175. The average molecular weight is 591 g/mol. The Kier molecular flexibility index (Phi) is 10.6. The summed E-state index contributed by atoms with van der Waals surface area (Å²) in [7, 11) is -0.538. The SMILES string of the molecule is CC(C)C[C@H](NC(=O)[C@H](CCCN=C(N)N[N+](=O)[O-])CC(=O)CN1CCCCC1)B1O[C@@H]2C[C@H]3C[C@H](C3(C)C)[C@]2(C)O1. The second-order valence-corrected chi connectivity index (χ2v) is 14.1. The normalized spacial score (nSPS) is 30.3. The Hall–Kier alpha value is -2.25. The Morgan fingerprint density at radius 2 is 1.90 bits per heavy atom. The average Bonchev–Trinajstić information content (AvgIpc) is 3.27. The van der Waals surface area contributed by atoms with Crippen molar-refractivity contribution in [3.63, 3.8) is 0 Å². The van der Waals surface area contributed by atoms with Gasteiger partial charge >= 0.3 is 7.12 Å². The summed E-state index contributed by atoms with van der Waals surface area (Å²) in [6.45, 7) is 13.4. The third kappa shape index (κ3) is 7.63. The molecular formula is C29H51BN6O6. The highest BCUT2D eigenvalue weighted by Crippen LogP contribution is 2.65. The molecule has 0 spiro atoms. The zero-order valence-corrected chi connectivity index (χ0v) is 26.1. The van der Waals surface area contributed by atoms with Crippen molar-refractivity contribution in [2.24, 2.45) is 39.8 Å². The van der Waals surface area contributed by atoms with E-state index in [1.165, 1.54) is 6.42 Å². The van der Waals surface area contributed by atoms with E-state index >= 15 is 0 Å². The molecule has 12 nitrogen and oxygen atoms in total. The van der Waals surface area contributed by atoms with Gasteiger partial charge < -0.3 is 20.4 Å². The fourth-order valence-corrected chi connectivity index (χ4v) is 7.82. The van der Waals surface area contributed by atoms with Crippen LogP contribution >= 0.6 is 0 Å². The number of nitro groups is 1. The molecule has 0 aromatic heterocycles. The molecule has 3 aliphatic carbocycles. The van der Waals surface area contributed by atoms with Crippen molar-refractivity contribution < 1.29 is 23.9 Å². The molecule has 2 bridgehead atoms. The van der Waals surface area contributed by atoms with E-state index in [0.717, 1.165) is 38.8 Å². The molecule has 3 saturated carbocycles. The standard InChI is InChI=1S/C29H51BN6O6/c1-19(2)14-25(30-41-24-17-21-16-23(28(21,3)4)29(24,5)42-30)33-26(38)20(10-9-11-32-27(31)34-36(39)40)15-22(37)18-35-12-7-6-8-13-35/h19-21,23-25H,6-18H2,1-5H3,(H,33,38)(H3,31,32,34)/t20-,21-,23-,24-,25+,29+/m1/s1. The highest BCUT2D eigenvalue weighted by Gasteiger charge is 2.68. The molecule has 236 valence electrons. The lowest BCUT2D eigenvalue weighted by Gasteiger charge is -2.64. The van der Waals surface area contributed by atoms with Gasteiger partial charge in [0.2, 0.25) is 5.91 Å². The first-order valence-corrected chi connectivity index (χ1v) is 15.9. The van der Waals surface area contributed by atoms with Gasteiger partial charge in [-0.25, -0.2) is 15.1 Å². The van der Waals surface area contributed by atoms with Gasteiger partial charge in [0.25, 0.3) is 5.96 Å². The van der Waals surface area contributed by atoms with Crippen LogP contribution in [0.25, 0.3) is 0 Å². The molecule has 6 atom stereocenters. The monoisotopic (exact) mass is 590 g/mol. The number of guanidine groups is 1. The third-order valence-electron chi connectivity index (χ3n) is 10.2. The topological polar surface area (TPSA) is 161 Å². The van der Waals surface area contributed by atoms with Gasteiger partial charge in [-0.1, -0.05) is 39.5 Å². The van der Waals surface area contributed by atoms with Gasteiger partial charge in [0.15, 0.2) is 5.03 Å². The van der Waals surface area contributed by atoms with Gasteiger partial charge in [-0.15, -0.1) is 0 Å². The maximum Gasteiger partial charge on any atom is 0.481 e. The van der Waals surface area contributed by atoms with Crippen molar-refractivity contribution in [1.82, 2.24) is 15.6 Å². The van der Waals surface area contributed by atoms with Crippen molar-refractivity contribution >= 4 is 24.8 Å². The number of carbonyl (C=O) groups is 2. The van der Waals surface area contributed by atoms with Crippen LogP contribution < -0.4 is 16.5 Å². The van der Waals surface area contributed by atoms with Crippen LogP contribution in [-0.2, 0) is 18.9 Å². The zero-order valence-electron chi connectivity index (χ0n) is 26.1. The maximum atomic E-state index is 13.8. The minimum Gasteiger partial charge on any atom is -0.404 e. The molecule has 0 radical (unpaired) electrons. The summed E-state index contributed by atoms with van der Waals surface area (Å²) in [5.41, 5.74) is 7.21. The van der Waals surface area contributed by atoms with E-state index in [1.54, 1.807) is 0 Å². The van der Waals surface area contributed by atoms with Crippen LogP contribution in [0.3, 0.4) is 0 Å². The molecule has 2 saturated heterocycles. The lowest BCUT2D eigenvalue weighted by Crippen LogP contribution is -2.65. The second kappa shape index (κ2) is 13.6. The summed E-state index contributed by atoms with van der Waals surface area (Å²) in [5, 5.41) is 13.1. The van der Waals surface area contributed by atoms with Crippen molar-refractivity contribution in [3.8, 4) is 0 Å². The van der Waals surface area contributed by atoms with Crippen molar-refractivity contribution in [3.05, 3.63) is 10.1 Å². The summed E-state index contributed by atoms with van der Waals surface area (Å²) in [6.07, 6.45) is 7.20. The molecule has 0 aromatic carbocycles. The van der Waals surface area contributed by atoms with Gasteiger partial charge in [-0.3, -0.25) is 14.5 Å². The molecule has 5 rings (SSSR count). The number of hydrogen-bond donors (Lipinski definition) is 3. The molecule has 13 heteroatoms. The fourth-order valence-electron chi connectivity index (χ4n) is 7.82. The summed E-state index contributed by atoms with van der Waals surface area (Å²) in [6, 6.07) is 0. The van der Waals surface area contributed by atoms with Gasteiger partial charge in [-0.2, -0.15) is 0 Å². The van der Waals surface area contributed by atoms with E-state index in [4.69, 9.17) is 15.0 Å². The van der Waals surface area contributed by atoms with Gasteiger partial charge in [0, 0.05) is 18.9 Å². The highest BCUT2D eigenvalue weighted by atomic mass is 16.7. The number of rotatable bonds is 14. The largest absolute Gasteiger partial charge is 0.481 e. The predicted octanol–water partition coefficient (Wildman–Crippen LogP) is 2.72. The second-order valence-electron chi connectivity index (χ2n) is 14.1. The van der Waals surface area contributed by atoms with Gasteiger partial charge in [-0.05, 0) is 88.1 Å². The van der Waals surface area contributed by atoms with E-state index in [-0.39, 0.29) is 53.7 Å². The summed E-state index contributed by atoms with van der Waals surface area (Å²) < 4.78 is 13.3. The van der Waals surface area contributed by atoms with Crippen LogP contribution in [0.15, 0.2) is 4.99 Å². The number of piperidine rings is 1. The quantitative estimate of drug-likeness (QED) is 0.0690. The van der Waals surface area contributed by atoms with E-state index in [1.807, 2.05) is 5.43 Å². The summed E-state index contributed by atoms with van der Waals surface area (Å²) in [5.74, 6) is 0.0371. The predicted molar refractivity (Wildman–Crippen MR) is 161 cm³/mol. The van der Waals surface area contributed by atoms with Crippen LogP contribution in [0.5, 0.6) is 0 Å². The summed E-state index contributed by atoms with van der Waals surface area (Å²) in [4.78, 5) is 43.7. The molecule has 2 heterocycles. The van der Waals surface area contributed by atoms with E-state index in [2.05, 4.69) is 49.8 Å². The first-order chi connectivity index (χ1) is 19.8. The van der Waals surface area contributed by atoms with Crippen LogP contribution in [-0.4, -0.2) is 78.5 Å². The number of hydrogen-bond acceptors (Lipinski definition) is 8. The molecule has 0 unspecified atom stereocenters. The Morgan fingerprint density at radius 3 is 2.55 bits per heavy atom. The van der Waals surface area contributed by atoms with Crippen LogP contribution in [0.2, 0.25) is 0 Å². The Balaban J connectivity index is 1.42. The van der Waals surface area contributed by atoms with Crippen LogP contribution in [0.4, 0.5) is 0 Å². The molecule has 2 aliphatic heterocycles. The zero-order chi connectivity index (χ0) is 30.7. The van der Waals surface area contributed by atoms with Gasteiger partial charge in [0.05, 0.1) is 24.2 Å². The number of nitrogens with zero attached hydrogens (tertiary/aromatic N) is 3. The van der Waals surface area contributed by atoms with Crippen molar-refractivity contribution in [1.29, 1.82) is 0 Å². The summed E-state index contributed by atoms with van der Waals surface area (Å²) >= 11 is 0. The Labute approximate surface area is 250 Å². The van der Waals surface area contributed by atoms with E-state index in [9.17, 15) is 19.7 Å². The van der Waals surface area contributed by atoms with Crippen molar-refractivity contribution in [2.45, 2.75) is 110 Å². The van der Waals surface area contributed by atoms with Crippen LogP contribution in [0, 0.1) is 39.2 Å². The number of Topliss-reactive ketones (excluding diaryl/α,β-unsaturated/α-hetero) is 1. The number of nitrogens with two attached hydrogens (primary N) is 1. The Bertz CT molecular complexity index is 1020. The minimum atomic E-state index is -0.767. The lowest BCUT2D eigenvalue weighted by molar-refractivity contribution is -0.525. The fraction of sp³-hybridized carbons (Fsp3) is 0.897. The Morgan fingerprint density at radius 1 is 1.19 bits per heavy atom. The number of ketones is 1. The first kappa shape index (κ1) is 32.7. The number of amides is 1.